The summed E-state index contributed by atoms with van der Waals surface area (Å²) in [6.45, 7) is 2.69. The Kier molecular flexibility index (Phi) is 8.46. The maximum atomic E-state index is 11.6. The maximum Gasteiger partial charge on any atom is 0.242 e. The average molecular weight is 231 g/mol. The molecule has 4 N–H and O–H groups in total. The van der Waals surface area contributed by atoms with Gasteiger partial charge in [0.2, 0.25) is 11.8 Å². The predicted octanol–water partition coefficient (Wildman–Crippen LogP) is -1.32. The fourth-order valence-electron chi connectivity index (χ4n) is 1.19. The molecule has 6 nitrogen and oxygen atoms in total. The SMILES string of the molecule is CCCCN(CCO)C(=O)CNC(=O)CN. The fourth-order valence-corrected chi connectivity index (χ4v) is 1.19. The number of aliphatic hydroxyl groups is 1. The highest BCUT2D eigenvalue weighted by Crippen LogP contribution is 1.95. The Morgan fingerprint density at radius 2 is 2.06 bits per heavy atom. The molecule has 0 saturated heterocycles. The third-order valence-electron chi connectivity index (χ3n) is 2.13. The molecule has 0 aliphatic heterocycles. The van der Waals surface area contributed by atoms with Gasteiger partial charge in [-0.1, -0.05) is 13.3 Å². The van der Waals surface area contributed by atoms with Gasteiger partial charge in [-0.2, -0.15) is 0 Å². The quantitative estimate of drug-likeness (QED) is 0.483. The molecule has 0 unspecified atom stereocenters. The van der Waals surface area contributed by atoms with Gasteiger partial charge < -0.3 is 21.1 Å². The number of nitrogens with two attached hydrogens (primary N) is 1. The highest BCUT2D eigenvalue weighted by Gasteiger charge is 2.12. The van der Waals surface area contributed by atoms with E-state index in [1.807, 2.05) is 6.92 Å². The van der Waals surface area contributed by atoms with E-state index in [1.54, 1.807) is 4.90 Å². The summed E-state index contributed by atoms with van der Waals surface area (Å²) in [6, 6.07) is 0. The van der Waals surface area contributed by atoms with Crippen LogP contribution >= 0.6 is 0 Å². The van der Waals surface area contributed by atoms with Gasteiger partial charge in [-0.05, 0) is 6.42 Å². The van der Waals surface area contributed by atoms with E-state index in [2.05, 4.69) is 5.32 Å². The summed E-state index contributed by atoms with van der Waals surface area (Å²) >= 11 is 0. The Hall–Kier alpha value is -1.14. The molecule has 0 aromatic carbocycles. The number of nitrogens with zero attached hydrogens (tertiary/aromatic N) is 1. The number of hydrogen-bond donors (Lipinski definition) is 3. The molecule has 0 fully saturated rings. The van der Waals surface area contributed by atoms with Crippen LogP contribution < -0.4 is 11.1 Å². The Morgan fingerprint density at radius 1 is 1.38 bits per heavy atom. The van der Waals surface area contributed by atoms with Gasteiger partial charge in [-0.3, -0.25) is 9.59 Å². The van der Waals surface area contributed by atoms with Gasteiger partial charge in [0.05, 0.1) is 19.7 Å². The summed E-state index contributed by atoms with van der Waals surface area (Å²) in [4.78, 5) is 24.0. The van der Waals surface area contributed by atoms with Crippen molar-refractivity contribution < 1.29 is 14.7 Å². The molecular weight excluding hydrogens is 210 g/mol. The van der Waals surface area contributed by atoms with Crippen LogP contribution in [0.5, 0.6) is 0 Å². The molecule has 0 rings (SSSR count). The topological polar surface area (TPSA) is 95.7 Å². The Bertz CT molecular complexity index is 221. The normalized spacial score (nSPS) is 9.94. The number of aliphatic hydroxyl groups excluding tert-OH is 1. The summed E-state index contributed by atoms with van der Waals surface area (Å²) < 4.78 is 0. The van der Waals surface area contributed by atoms with Crippen LogP contribution in [-0.4, -0.2) is 54.6 Å². The zero-order chi connectivity index (χ0) is 12.4. The van der Waals surface area contributed by atoms with E-state index in [4.69, 9.17) is 10.8 Å². The highest BCUT2D eigenvalue weighted by atomic mass is 16.3. The summed E-state index contributed by atoms with van der Waals surface area (Å²) in [6.07, 6.45) is 1.86. The fraction of sp³-hybridized carbons (Fsp3) is 0.800. The van der Waals surface area contributed by atoms with Crippen LogP contribution in [0.4, 0.5) is 0 Å². The van der Waals surface area contributed by atoms with Crippen LogP contribution in [0.1, 0.15) is 19.8 Å². The number of rotatable bonds is 8. The predicted molar refractivity (Wildman–Crippen MR) is 60.6 cm³/mol. The lowest BCUT2D eigenvalue weighted by Gasteiger charge is -2.21. The number of nitrogens with one attached hydrogen (secondary N) is 1. The van der Waals surface area contributed by atoms with Gasteiger partial charge >= 0.3 is 0 Å². The highest BCUT2D eigenvalue weighted by molar-refractivity contribution is 5.85. The first-order valence-electron chi connectivity index (χ1n) is 5.51. The number of hydrogen-bond acceptors (Lipinski definition) is 4. The third kappa shape index (κ3) is 6.36. The van der Waals surface area contributed by atoms with Gasteiger partial charge in [0.1, 0.15) is 0 Å². The molecule has 0 saturated carbocycles. The molecule has 0 heterocycles. The van der Waals surface area contributed by atoms with Crippen molar-refractivity contribution in [3.05, 3.63) is 0 Å². The zero-order valence-electron chi connectivity index (χ0n) is 9.74. The summed E-state index contributed by atoms with van der Waals surface area (Å²) in [7, 11) is 0. The first-order chi connectivity index (χ1) is 7.65. The van der Waals surface area contributed by atoms with Crippen molar-refractivity contribution in [2.75, 3.05) is 32.8 Å². The van der Waals surface area contributed by atoms with E-state index < -0.39 is 0 Å². The second-order valence-electron chi connectivity index (χ2n) is 3.44. The van der Waals surface area contributed by atoms with Crippen molar-refractivity contribution >= 4 is 11.8 Å². The van der Waals surface area contributed by atoms with E-state index in [1.165, 1.54) is 0 Å². The molecule has 0 aromatic heterocycles. The third-order valence-corrected chi connectivity index (χ3v) is 2.13. The number of carbonyl (C=O) groups excluding carboxylic acids is 2. The minimum absolute atomic E-state index is 0.0558. The van der Waals surface area contributed by atoms with Gasteiger partial charge in [0.15, 0.2) is 0 Å². The molecule has 0 aliphatic carbocycles. The summed E-state index contributed by atoms with van der Waals surface area (Å²) in [5.74, 6) is -0.544. The Balaban J connectivity index is 4.00. The molecule has 0 aliphatic rings. The Morgan fingerprint density at radius 3 is 2.56 bits per heavy atom. The van der Waals surface area contributed by atoms with E-state index in [0.29, 0.717) is 13.1 Å². The standard InChI is InChI=1S/C10H21N3O3/c1-2-3-4-13(5-6-14)10(16)8-12-9(15)7-11/h14H,2-8,11H2,1H3,(H,12,15). The lowest BCUT2D eigenvalue weighted by atomic mass is 10.3. The first-order valence-corrected chi connectivity index (χ1v) is 5.51. The van der Waals surface area contributed by atoms with Crippen LogP contribution in [0, 0.1) is 0 Å². The van der Waals surface area contributed by atoms with E-state index >= 15 is 0 Å². The zero-order valence-corrected chi connectivity index (χ0v) is 9.74. The number of unbranched alkanes of at least 4 members (excludes halogenated alkanes) is 1. The molecule has 0 atom stereocenters. The molecule has 16 heavy (non-hydrogen) atoms. The summed E-state index contributed by atoms with van der Waals surface area (Å²) in [5.41, 5.74) is 5.10. The van der Waals surface area contributed by atoms with Gasteiger partial charge in [0.25, 0.3) is 0 Å². The minimum Gasteiger partial charge on any atom is -0.395 e. The van der Waals surface area contributed by atoms with Gasteiger partial charge in [0, 0.05) is 13.1 Å². The van der Waals surface area contributed by atoms with Crippen molar-refractivity contribution in [1.82, 2.24) is 10.2 Å². The largest absolute Gasteiger partial charge is 0.395 e. The van der Waals surface area contributed by atoms with E-state index in [9.17, 15) is 9.59 Å². The summed E-state index contributed by atoms with van der Waals surface area (Å²) in [5, 5.41) is 11.2. The smallest absolute Gasteiger partial charge is 0.242 e. The second kappa shape index (κ2) is 9.11. The van der Waals surface area contributed by atoms with Crippen molar-refractivity contribution in [3.63, 3.8) is 0 Å². The van der Waals surface area contributed by atoms with Gasteiger partial charge in [-0.15, -0.1) is 0 Å². The number of amides is 2. The van der Waals surface area contributed by atoms with Gasteiger partial charge in [-0.25, -0.2) is 0 Å². The van der Waals surface area contributed by atoms with Crippen LogP contribution in [0.25, 0.3) is 0 Å². The van der Waals surface area contributed by atoms with Crippen LogP contribution in [0.2, 0.25) is 0 Å². The Labute approximate surface area is 95.8 Å². The van der Waals surface area contributed by atoms with Crippen molar-refractivity contribution in [2.45, 2.75) is 19.8 Å². The lowest BCUT2D eigenvalue weighted by molar-refractivity contribution is -0.133. The molecule has 6 heteroatoms. The monoisotopic (exact) mass is 231 g/mol. The van der Waals surface area contributed by atoms with E-state index in [0.717, 1.165) is 12.8 Å². The minimum atomic E-state index is -0.354. The first kappa shape index (κ1) is 14.9. The molecule has 0 radical (unpaired) electrons. The van der Waals surface area contributed by atoms with Crippen molar-refractivity contribution in [1.29, 1.82) is 0 Å². The average Bonchev–Trinajstić information content (AvgIpc) is 2.30. The number of carbonyl (C=O) groups is 2. The molecule has 2 amide bonds. The van der Waals surface area contributed by atoms with Crippen LogP contribution in [-0.2, 0) is 9.59 Å². The molecule has 0 aromatic rings. The van der Waals surface area contributed by atoms with E-state index in [-0.39, 0.29) is 31.5 Å². The molecule has 0 spiro atoms. The second-order valence-corrected chi connectivity index (χ2v) is 3.44. The van der Waals surface area contributed by atoms with Crippen LogP contribution in [0.15, 0.2) is 0 Å². The molecule has 94 valence electrons. The van der Waals surface area contributed by atoms with Crippen LogP contribution in [0.3, 0.4) is 0 Å². The van der Waals surface area contributed by atoms with Crippen molar-refractivity contribution in [2.24, 2.45) is 5.73 Å². The lowest BCUT2D eigenvalue weighted by Crippen LogP contribution is -2.43. The maximum absolute atomic E-state index is 11.6. The van der Waals surface area contributed by atoms with Crippen molar-refractivity contribution in [3.8, 4) is 0 Å². The molecular formula is C10H21N3O3. The molecule has 0 bridgehead atoms.